The van der Waals surface area contributed by atoms with Gasteiger partial charge in [-0.3, -0.25) is 4.79 Å². The SMILES string of the molecule is CCOc1cccc(Oc2ccc(NC(=O)C(C)(N)CO)cc2)c1. The predicted molar refractivity (Wildman–Crippen MR) is 92.4 cm³/mol. The van der Waals surface area contributed by atoms with Crippen molar-refractivity contribution < 1.29 is 19.4 Å². The quantitative estimate of drug-likeness (QED) is 0.725. The second-order valence-electron chi connectivity index (χ2n) is 5.56. The van der Waals surface area contributed by atoms with Crippen molar-refractivity contribution in [1.29, 1.82) is 0 Å². The van der Waals surface area contributed by atoms with Crippen LogP contribution in [-0.2, 0) is 4.79 Å². The van der Waals surface area contributed by atoms with Crippen molar-refractivity contribution in [2.45, 2.75) is 19.4 Å². The maximum Gasteiger partial charge on any atom is 0.246 e. The van der Waals surface area contributed by atoms with Gasteiger partial charge in [0.2, 0.25) is 5.91 Å². The van der Waals surface area contributed by atoms with Crippen molar-refractivity contribution in [1.82, 2.24) is 0 Å². The lowest BCUT2D eigenvalue weighted by Gasteiger charge is -2.20. The van der Waals surface area contributed by atoms with E-state index in [1.54, 1.807) is 30.3 Å². The minimum atomic E-state index is -1.32. The van der Waals surface area contributed by atoms with E-state index in [4.69, 9.17) is 20.3 Å². The highest BCUT2D eigenvalue weighted by Crippen LogP contribution is 2.26. The molecule has 0 bridgehead atoms. The molecular weight excluding hydrogens is 308 g/mol. The number of carbonyl (C=O) groups excluding carboxylic acids is 1. The van der Waals surface area contributed by atoms with Gasteiger partial charge in [0.25, 0.3) is 0 Å². The van der Waals surface area contributed by atoms with Gasteiger partial charge in [0.15, 0.2) is 0 Å². The van der Waals surface area contributed by atoms with E-state index in [9.17, 15) is 4.79 Å². The summed E-state index contributed by atoms with van der Waals surface area (Å²) in [6, 6.07) is 14.2. The fraction of sp³-hybridized carbons (Fsp3) is 0.278. The summed E-state index contributed by atoms with van der Waals surface area (Å²) in [6.45, 7) is 3.54. The van der Waals surface area contributed by atoms with Crippen LogP contribution in [0.4, 0.5) is 5.69 Å². The van der Waals surface area contributed by atoms with Gasteiger partial charge in [-0.05, 0) is 50.2 Å². The van der Waals surface area contributed by atoms with Crippen LogP contribution in [0.15, 0.2) is 48.5 Å². The molecule has 0 saturated heterocycles. The zero-order valence-corrected chi connectivity index (χ0v) is 13.8. The minimum Gasteiger partial charge on any atom is -0.494 e. The number of benzene rings is 2. The number of nitrogens with two attached hydrogens (primary N) is 1. The van der Waals surface area contributed by atoms with Gasteiger partial charge in [-0.2, -0.15) is 0 Å². The molecule has 1 atom stereocenters. The van der Waals surface area contributed by atoms with E-state index in [0.717, 1.165) is 5.75 Å². The number of amides is 1. The first-order chi connectivity index (χ1) is 11.4. The van der Waals surface area contributed by atoms with E-state index in [-0.39, 0.29) is 0 Å². The van der Waals surface area contributed by atoms with Crippen LogP contribution in [0.1, 0.15) is 13.8 Å². The number of hydrogen-bond acceptors (Lipinski definition) is 5. The molecule has 0 saturated carbocycles. The number of ether oxygens (including phenoxy) is 2. The van der Waals surface area contributed by atoms with Gasteiger partial charge in [0.05, 0.1) is 13.2 Å². The number of aliphatic hydroxyl groups is 1. The fourth-order valence-electron chi connectivity index (χ4n) is 1.88. The number of carbonyl (C=O) groups is 1. The maximum atomic E-state index is 11.9. The third-order valence-electron chi connectivity index (χ3n) is 3.31. The van der Waals surface area contributed by atoms with E-state index in [0.29, 0.717) is 23.8 Å². The highest BCUT2D eigenvalue weighted by atomic mass is 16.5. The molecule has 0 radical (unpaired) electrons. The zero-order valence-electron chi connectivity index (χ0n) is 13.8. The summed E-state index contributed by atoms with van der Waals surface area (Å²) in [5.41, 5.74) is 4.93. The first kappa shape index (κ1) is 17.8. The lowest BCUT2D eigenvalue weighted by atomic mass is 10.0. The van der Waals surface area contributed by atoms with Crippen molar-refractivity contribution in [3.05, 3.63) is 48.5 Å². The zero-order chi connectivity index (χ0) is 17.6. The molecule has 24 heavy (non-hydrogen) atoms. The maximum absolute atomic E-state index is 11.9. The summed E-state index contributed by atoms with van der Waals surface area (Å²) >= 11 is 0. The van der Waals surface area contributed by atoms with Gasteiger partial charge in [0.1, 0.15) is 22.8 Å². The lowest BCUT2D eigenvalue weighted by molar-refractivity contribution is -0.121. The predicted octanol–water partition coefficient (Wildman–Crippen LogP) is 2.53. The molecule has 6 heteroatoms. The number of aliphatic hydroxyl groups excluding tert-OH is 1. The Kier molecular flexibility index (Phi) is 5.78. The van der Waals surface area contributed by atoms with Gasteiger partial charge in [-0.25, -0.2) is 0 Å². The van der Waals surface area contributed by atoms with Crippen molar-refractivity contribution >= 4 is 11.6 Å². The molecule has 0 aromatic heterocycles. The van der Waals surface area contributed by atoms with E-state index >= 15 is 0 Å². The Balaban J connectivity index is 2.02. The van der Waals surface area contributed by atoms with Gasteiger partial charge in [0, 0.05) is 11.8 Å². The Morgan fingerprint density at radius 1 is 1.17 bits per heavy atom. The Bertz CT molecular complexity index is 684. The molecule has 0 spiro atoms. The molecule has 2 aromatic carbocycles. The van der Waals surface area contributed by atoms with Crippen LogP contribution in [0, 0.1) is 0 Å². The topological polar surface area (TPSA) is 93.8 Å². The lowest BCUT2D eigenvalue weighted by Crippen LogP contribution is -2.51. The van der Waals surface area contributed by atoms with Gasteiger partial charge in [-0.1, -0.05) is 6.07 Å². The van der Waals surface area contributed by atoms with Crippen LogP contribution in [0.5, 0.6) is 17.2 Å². The Morgan fingerprint density at radius 2 is 1.83 bits per heavy atom. The Morgan fingerprint density at radius 3 is 2.46 bits per heavy atom. The second kappa shape index (κ2) is 7.81. The Labute approximate surface area is 141 Å². The number of rotatable bonds is 7. The van der Waals surface area contributed by atoms with Gasteiger partial charge < -0.3 is 25.6 Å². The van der Waals surface area contributed by atoms with Crippen LogP contribution >= 0.6 is 0 Å². The van der Waals surface area contributed by atoms with Crippen LogP contribution in [-0.4, -0.2) is 29.8 Å². The molecule has 2 aromatic rings. The van der Waals surface area contributed by atoms with Crippen molar-refractivity contribution in [2.75, 3.05) is 18.5 Å². The summed E-state index contributed by atoms with van der Waals surface area (Å²) in [7, 11) is 0. The van der Waals surface area contributed by atoms with Gasteiger partial charge in [-0.15, -0.1) is 0 Å². The highest BCUT2D eigenvalue weighted by Gasteiger charge is 2.27. The van der Waals surface area contributed by atoms with Crippen molar-refractivity contribution in [2.24, 2.45) is 5.73 Å². The fourth-order valence-corrected chi connectivity index (χ4v) is 1.88. The molecule has 2 rings (SSSR count). The largest absolute Gasteiger partial charge is 0.494 e. The highest BCUT2D eigenvalue weighted by molar-refractivity contribution is 5.97. The van der Waals surface area contributed by atoms with Crippen LogP contribution in [0.25, 0.3) is 0 Å². The third kappa shape index (κ3) is 4.71. The van der Waals surface area contributed by atoms with E-state index in [2.05, 4.69) is 5.32 Å². The normalized spacial score (nSPS) is 13.0. The number of hydrogen-bond donors (Lipinski definition) is 3. The molecule has 4 N–H and O–H groups in total. The molecule has 6 nitrogen and oxygen atoms in total. The molecule has 0 fully saturated rings. The third-order valence-corrected chi connectivity index (χ3v) is 3.31. The minimum absolute atomic E-state index is 0.434. The van der Waals surface area contributed by atoms with Crippen LogP contribution < -0.4 is 20.5 Å². The van der Waals surface area contributed by atoms with Gasteiger partial charge >= 0.3 is 0 Å². The monoisotopic (exact) mass is 330 g/mol. The molecule has 1 amide bonds. The summed E-state index contributed by atoms with van der Waals surface area (Å²) in [5.74, 6) is 1.57. The van der Waals surface area contributed by atoms with Crippen LogP contribution in [0.3, 0.4) is 0 Å². The summed E-state index contributed by atoms with van der Waals surface area (Å²) in [6.07, 6.45) is 0. The first-order valence-corrected chi connectivity index (χ1v) is 7.66. The summed E-state index contributed by atoms with van der Waals surface area (Å²) < 4.78 is 11.2. The standard InChI is InChI=1S/C18H22N2O4/c1-3-23-15-5-4-6-16(11-15)24-14-9-7-13(8-10-14)20-17(22)18(2,19)12-21/h4-11,21H,3,12,19H2,1-2H3,(H,20,22). The van der Waals surface area contributed by atoms with E-state index in [1.807, 2.05) is 25.1 Å². The smallest absolute Gasteiger partial charge is 0.246 e. The van der Waals surface area contributed by atoms with Crippen molar-refractivity contribution in [3.8, 4) is 17.2 Å². The second-order valence-corrected chi connectivity index (χ2v) is 5.56. The number of anilines is 1. The Hall–Kier alpha value is -2.57. The summed E-state index contributed by atoms with van der Waals surface area (Å²) in [4.78, 5) is 11.9. The molecule has 128 valence electrons. The van der Waals surface area contributed by atoms with E-state index in [1.165, 1.54) is 6.92 Å². The first-order valence-electron chi connectivity index (χ1n) is 7.66. The van der Waals surface area contributed by atoms with Crippen molar-refractivity contribution in [3.63, 3.8) is 0 Å². The molecule has 0 aliphatic carbocycles. The molecule has 0 aliphatic rings. The number of nitrogens with one attached hydrogen (secondary N) is 1. The summed E-state index contributed by atoms with van der Waals surface area (Å²) in [5, 5.41) is 11.7. The molecule has 0 heterocycles. The average molecular weight is 330 g/mol. The molecular formula is C18H22N2O4. The average Bonchev–Trinajstić information content (AvgIpc) is 2.57. The molecule has 1 unspecified atom stereocenters. The van der Waals surface area contributed by atoms with E-state index < -0.39 is 18.1 Å². The van der Waals surface area contributed by atoms with Crippen LogP contribution in [0.2, 0.25) is 0 Å². The molecule has 0 aliphatic heterocycles.